The maximum absolute atomic E-state index is 10.9. The lowest BCUT2D eigenvalue weighted by atomic mass is 10.2. The first-order valence-electron chi connectivity index (χ1n) is 3.81. The molecule has 0 saturated carbocycles. The van der Waals surface area contributed by atoms with Crippen molar-refractivity contribution in [2.75, 3.05) is 13.1 Å². The highest BCUT2D eigenvalue weighted by Gasteiger charge is 1.95. The maximum atomic E-state index is 10.9. The van der Waals surface area contributed by atoms with Gasteiger partial charge in [-0.05, 0) is 5.92 Å². The molecular weight excluding hydrogens is 140 g/mol. The molecule has 0 aliphatic rings. The Balaban J connectivity index is 3.45. The molecule has 0 aromatic heterocycles. The molecule has 0 spiro atoms. The second-order valence-electron chi connectivity index (χ2n) is 2.78. The summed E-state index contributed by atoms with van der Waals surface area (Å²) in [5.74, 6) is 0.425. The number of rotatable bonds is 4. The second kappa shape index (κ2) is 5.92. The first kappa shape index (κ1) is 10.2. The Kier molecular flexibility index (Phi) is 5.47. The molecule has 0 aliphatic heterocycles. The zero-order valence-corrected chi connectivity index (χ0v) is 7.13. The molecule has 0 atom stereocenters. The third-order valence-corrected chi connectivity index (χ3v) is 1.09. The van der Waals surface area contributed by atoms with Crippen LogP contribution < -0.4 is 11.1 Å². The molecule has 0 aromatic rings. The van der Waals surface area contributed by atoms with Crippen molar-refractivity contribution in [1.29, 1.82) is 0 Å². The summed E-state index contributed by atoms with van der Waals surface area (Å²) in [5, 5.41) is 2.74. The number of hydrogen-bond donors (Lipinski definition) is 2. The van der Waals surface area contributed by atoms with Crippen molar-refractivity contribution in [3.63, 3.8) is 0 Å². The average molecular weight is 156 g/mol. The van der Waals surface area contributed by atoms with Gasteiger partial charge in [-0.2, -0.15) is 0 Å². The van der Waals surface area contributed by atoms with Crippen LogP contribution >= 0.6 is 0 Å². The summed E-state index contributed by atoms with van der Waals surface area (Å²) >= 11 is 0. The van der Waals surface area contributed by atoms with E-state index in [-0.39, 0.29) is 5.91 Å². The first-order chi connectivity index (χ1) is 5.16. The summed E-state index contributed by atoms with van der Waals surface area (Å²) in [6.45, 7) is 5.22. The normalized spacial score (nSPS) is 10.9. The molecule has 11 heavy (non-hydrogen) atoms. The minimum Gasteiger partial charge on any atom is -0.352 e. The Morgan fingerprint density at radius 3 is 2.73 bits per heavy atom. The minimum absolute atomic E-state index is 0.0656. The van der Waals surface area contributed by atoms with Gasteiger partial charge >= 0.3 is 0 Å². The summed E-state index contributed by atoms with van der Waals surface area (Å²) in [7, 11) is 0. The van der Waals surface area contributed by atoms with Gasteiger partial charge in [-0.1, -0.05) is 19.9 Å². The van der Waals surface area contributed by atoms with Crippen LogP contribution in [-0.2, 0) is 4.79 Å². The topological polar surface area (TPSA) is 55.1 Å². The summed E-state index contributed by atoms with van der Waals surface area (Å²) in [6, 6.07) is 0. The SMILES string of the molecule is CC(C)CNC(=O)/C=C/CN. The molecule has 1 amide bonds. The largest absolute Gasteiger partial charge is 0.352 e. The van der Waals surface area contributed by atoms with Gasteiger partial charge in [-0.25, -0.2) is 0 Å². The van der Waals surface area contributed by atoms with Crippen molar-refractivity contribution in [3.05, 3.63) is 12.2 Å². The lowest BCUT2D eigenvalue weighted by molar-refractivity contribution is -0.116. The van der Waals surface area contributed by atoms with E-state index in [1.165, 1.54) is 6.08 Å². The van der Waals surface area contributed by atoms with Crippen LogP contribution in [0.3, 0.4) is 0 Å². The van der Waals surface area contributed by atoms with Crippen molar-refractivity contribution in [1.82, 2.24) is 5.32 Å². The summed E-state index contributed by atoms with van der Waals surface area (Å²) in [6.07, 6.45) is 3.10. The molecule has 0 aliphatic carbocycles. The average Bonchev–Trinajstić information content (AvgIpc) is 1.97. The quantitative estimate of drug-likeness (QED) is 0.574. The number of nitrogens with one attached hydrogen (secondary N) is 1. The van der Waals surface area contributed by atoms with Crippen LogP contribution in [0.2, 0.25) is 0 Å². The third kappa shape index (κ3) is 7.06. The minimum atomic E-state index is -0.0656. The monoisotopic (exact) mass is 156 g/mol. The third-order valence-electron chi connectivity index (χ3n) is 1.09. The van der Waals surface area contributed by atoms with Crippen LogP contribution in [-0.4, -0.2) is 19.0 Å². The van der Waals surface area contributed by atoms with Gasteiger partial charge < -0.3 is 11.1 Å². The molecule has 0 radical (unpaired) electrons. The molecule has 3 N–H and O–H groups in total. The summed E-state index contributed by atoms with van der Waals surface area (Å²) < 4.78 is 0. The Hall–Kier alpha value is -0.830. The second-order valence-corrected chi connectivity index (χ2v) is 2.78. The Morgan fingerprint density at radius 1 is 1.64 bits per heavy atom. The number of carbonyl (C=O) groups is 1. The predicted molar refractivity (Wildman–Crippen MR) is 46.0 cm³/mol. The van der Waals surface area contributed by atoms with Gasteiger partial charge in [0.05, 0.1) is 0 Å². The van der Waals surface area contributed by atoms with Crippen LogP contribution in [0.4, 0.5) is 0 Å². The van der Waals surface area contributed by atoms with E-state index in [4.69, 9.17) is 5.73 Å². The van der Waals surface area contributed by atoms with Crippen LogP contribution in [0.15, 0.2) is 12.2 Å². The molecule has 0 heterocycles. The van der Waals surface area contributed by atoms with Gasteiger partial charge in [0.15, 0.2) is 0 Å². The molecule has 64 valence electrons. The van der Waals surface area contributed by atoms with E-state index in [1.807, 2.05) is 13.8 Å². The molecule has 0 unspecified atom stereocenters. The molecule has 0 saturated heterocycles. The van der Waals surface area contributed by atoms with Crippen LogP contribution in [0.1, 0.15) is 13.8 Å². The summed E-state index contributed by atoms with van der Waals surface area (Å²) in [4.78, 5) is 10.9. The fourth-order valence-electron chi connectivity index (χ4n) is 0.539. The van der Waals surface area contributed by atoms with Gasteiger partial charge in [0, 0.05) is 19.2 Å². The molecule has 0 rings (SSSR count). The van der Waals surface area contributed by atoms with Crippen molar-refractivity contribution >= 4 is 5.91 Å². The highest BCUT2D eigenvalue weighted by atomic mass is 16.1. The van der Waals surface area contributed by atoms with Crippen LogP contribution in [0.25, 0.3) is 0 Å². The van der Waals surface area contributed by atoms with Crippen LogP contribution in [0.5, 0.6) is 0 Å². The molecule has 0 aromatic carbocycles. The molecule has 3 heteroatoms. The number of hydrogen-bond acceptors (Lipinski definition) is 2. The van der Waals surface area contributed by atoms with Gasteiger partial charge in [-0.15, -0.1) is 0 Å². The Labute approximate surface area is 67.7 Å². The number of amides is 1. The van der Waals surface area contributed by atoms with E-state index in [1.54, 1.807) is 6.08 Å². The van der Waals surface area contributed by atoms with E-state index in [2.05, 4.69) is 5.32 Å². The maximum Gasteiger partial charge on any atom is 0.243 e. The highest BCUT2D eigenvalue weighted by molar-refractivity contribution is 5.87. The molecular formula is C8H16N2O. The number of carbonyl (C=O) groups excluding carboxylic acids is 1. The van der Waals surface area contributed by atoms with Gasteiger partial charge in [0.2, 0.25) is 5.91 Å². The highest BCUT2D eigenvalue weighted by Crippen LogP contribution is 1.86. The van der Waals surface area contributed by atoms with Crippen LogP contribution in [0, 0.1) is 5.92 Å². The van der Waals surface area contributed by atoms with Gasteiger partial charge in [-0.3, -0.25) is 4.79 Å². The van der Waals surface area contributed by atoms with E-state index in [0.717, 1.165) is 0 Å². The lowest BCUT2D eigenvalue weighted by Gasteiger charge is -2.03. The fraction of sp³-hybridized carbons (Fsp3) is 0.625. The van der Waals surface area contributed by atoms with Crippen molar-refractivity contribution in [2.45, 2.75) is 13.8 Å². The fourth-order valence-corrected chi connectivity index (χ4v) is 0.539. The molecule has 3 nitrogen and oxygen atoms in total. The zero-order chi connectivity index (χ0) is 8.69. The zero-order valence-electron chi connectivity index (χ0n) is 7.13. The molecule has 0 fully saturated rings. The molecule has 0 bridgehead atoms. The van der Waals surface area contributed by atoms with E-state index in [9.17, 15) is 4.79 Å². The van der Waals surface area contributed by atoms with Gasteiger partial charge in [0.25, 0.3) is 0 Å². The van der Waals surface area contributed by atoms with Crippen molar-refractivity contribution < 1.29 is 4.79 Å². The smallest absolute Gasteiger partial charge is 0.243 e. The Bertz CT molecular complexity index is 141. The van der Waals surface area contributed by atoms with E-state index < -0.39 is 0 Å². The van der Waals surface area contributed by atoms with Crippen molar-refractivity contribution in [2.24, 2.45) is 11.7 Å². The van der Waals surface area contributed by atoms with Gasteiger partial charge in [0.1, 0.15) is 0 Å². The first-order valence-corrected chi connectivity index (χ1v) is 3.81. The van der Waals surface area contributed by atoms with E-state index >= 15 is 0 Å². The lowest BCUT2D eigenvalue weighted by Crippen LogP contribution is -2.25. The Morgan fingerprint density at radius 2 is 2.27 bits per heavy atom. The summed E-state index contributed by atoms with van der Waals surface area (Å²) in [5.41, 5.74) is 5.17. The number of nitrogens with two attached hydrogens (primary N) is 1. The van der Waals surface area contributed by atoms with Crippen molar-refractivity contribution in [3.8, 4) is 0 Å². The van der Waals surface area contributed by atoms with E-state index in [0.29, 0.717) is 19.0 Å². The standard InChI is InChI=1S/C8H16N2O/c1-7(2)6-10-8(11)4-3-5-9/h3-4,7H,5-6,9H2,1-2H3,(H,10,11)/b4-3+. The predicted octanol–water partition coefficient (Wildman–Crippen LogP) is 0.273.